The number of primary amides is 1. The van der Waals surface area contributed by atoms with Gasteiger partial charge in [0, 0.05) is 49.1 Å². The standard InChI is InChI=1S/C36H44N4O5/c1-3-5-15-27(22-33(37)41)40(21-4-2)36(45)31(18-11-20-34(42)43)38-35(44)30-24-39(32-19-9-8-17-29(30)32)23-26-14-10-13-25-12-6-7-16-28(25)26/h6-10,12-14,16-17,19,24,27,31H,3-5,11,15,18,20-23H2,1-2H3,(H2,37,41)(H,38,44)(H,42,43)/t27-,31-/m0/s1. The van der Waals surface area contributed by atoms with Crippen LogP contribution in [0.2, 0.25) is 0 Å². The van der Waals surface area contributed by atoms with Gasteiger partial charge in [0.1, 0.15) is 6.04 Å². The van der Waals surface area contributed by atoms with Crippen LogP contribution in [0.1, 0.15) is 81.1 Å². The lowest BCUT2D eigenvalue weighted by molar-refractivity contribution is -0.139. The summed E-state index contributed by atoms with van der Waals surface area (Å²) in [6.07, 6.45) is 5.08. The topological polar surface area (TPSA) is 135 Å². The van der Waals surface area contributed by atoms with Crippen LogP contribution in [-0.2, 0) is 20.9 Å². The van der Waals surface area contributed by atoms with Gasteiger partial charge in [0.05, 0.1) is 5.56 Å². The van der Waals surface area contributed by atoms with Crippen molar-refractivity contribution in [2.45, 2.75) is 83.8 Å². The molecule has 9 nitrogen and oxygen atoms in total. The number of nitrogens with zero attached hydrogens (tertiary/aromatic N) is 2. The number of unbranched alkanes of at least 4 members (excludes halogenated alkanes) is 1. The molecule has 2 atom stereocenters. The van der Waals surface area contributed by atoms with Crippen molar-refractivity contribution in [3.8, 4) is 0 Å². The SMILES string of the molecule is CCCC[C@@H](CC(N)=O)N(CCC)C(=O)[C@H](CCCC(=O)O)NC(=O)c1cn(Cc2cccc3ccccc23)c2ccccc12. The van der Waals surface area contributed by atoms with Crippen molar-refractivity contribution in [1.29, 1.82) is 0 Å². The zero-order valence-corrected chi connectivity index (χ0v) is 26.2. The molecule has 238 valence electrons. The number of aliphatic carboxylic acids is 1. The highest BCUT2D eigenvalue weighted by atomic mass is 16.4. The zero-order valence-electron chi connectivity index (χ0n) is 26.2. The molecule has 0 saturated carbocycles. The third-order valence-corrected chi connectivity index (χ3v) is 8.26. The molecule has 4 aromatic rings. The summed E-state index contributed by atoms with van der Waals surface area (Å²) in [4.78, 5) is 53.0. The quantitative estimate of drug-likeness (QED) is 0.137. The largest absolute Gasteiger partial charge is 0.481 e. The van der Waals surface area contributed by atoms with Crippen LogP contribution >= 0.6 is 0 Å². The van der Waals surface area contributed by atoms with Crippen LogP contribution in [0.4, 0.5) is 0 Å². The summed E-state index contributed by atoms with van der Waals surface area (Å²) >= 11 is 0. The lowest BCUT2D eigenvalue weighted by atomic mass is 10.0. The summed E-state index contributed by atoms with van der Waals surface area (Å²) in [7, 11) is 0. The number of benzene rings is 3. The van der Waals surface area contributed by atoms with Gasteiger partial charge in [-0.1, -0.05) is 87.4 Å². The van der Waals surface area contributed by atoms with Crippen LogP contribution in [0.5, 0.6) is 0 Å². The van der Waals surface area contributed by atoms with Crippen LogP contribution in [0.25, 0.3) is 21.7 Å². The fourth-order valence-electron chi connectivity index (χ4n) is 6.08. The van der Waals surface area contributed by atoms with Gasteiger partial charge in [0.15, 0.2) is 0 Å². The number of carboxylic acid groups (broad SMARTS) is 1. The van der Waals surface area contributed by atoms with Gasteiger partial charge in [0.25, 0.3) is 5.91 Å². The van der Waals surface area contributed by atoms with Crippen LogP contribution in [0, 0.1) is 0 Å². The first-order chi connectivity index (χ1) is 21.7. The van der Waals surface area contributed by atoms with Crippen LogP contribution < -0.4 is 11.1 Å². The van der Waals surface area contributed by atoms with Crippen molar-refractivity contribution in [3.63, 3.8) is 0 Å². The molecule has 9 heteroatoms. The van der Waals surface area contributed by atoms with Gasteiger partial charge in [-0.3, -0.25) is 19.2 Å². The minimum Gasteiger partial charge on any atom is -0.481 e. The molecule has 4 N–H and O–H groups in total. The number of para-hydroxylation sites is 1. The van der Waals surface area contributed by atoms with Crippen molar-refractivity contribution >= 4 is 45.4 Å². The molecule has 0 aliphatic rings. The van der Waals surface area contributed by atoms with Crippen molar-refractivity contribution < 1.29 is 24.3 Å². The number of rotatable bonds is 17. The van der Waals surface area contributed by atoms with Gasteiger partial charge < -0.3 is 25.6 Å². The number of aromatic nitrogens is 1. The first-order valence-corrected chi connectivity index (χ1v) is 15.9. The van der Waals surface area contributed by atoms with E-state index in [0.717, 1.165) is 40.1 Å². The average molecular weight is 613 g/mol. The monoisotopic (exact) mass is 612 g/mol. The Morgan fingerprint density at radius 2 is 1.60 bits per heavy atom. The Hall–Kier alpha value is -4.66. The van der Waals surface area contributed by atoms with Gasteiger partial charge in [-0.25, -0.2) is 0 Å². The number of amides is 3. The lowest BCUT2D eigenvalue weighted by Crippen LogP contribution is -2.53. The number of hydrogen-bond acceptors (Lipinski definition) is 4. The Morgan fingerprint density at radius 1 is 0.889 bits per heavy atom. The number of carbonyl (C=O) groups is 4. The molecule has 3 aromatic carbocycles. The van der Waals surface area contributed by atoms with Crippen LogP contribution in [-0.4, -0.2) is 56.9 Å². The van der Waals surface area contributed by atoms with Crippen molar-refractivity contribution in [3.05, 3.63) is 84.1 Å². The fraction of sp³-hybridized carbons (Fsp3) is 0.389. The molecular formula is C36H44N4O5. The molecule has 45 heavy (non-hydrogen) atoms. The molecule has 0 saturated heterocycles. The Balaban J connectivity index is 1.66. The third-order valence-electron chi connectivity index (χ3n) is 8.26. The maximum absolute atomic E-state index is 14.1. The highest BCUT2D eigenvalue weighted by molar-refractivity contribution is 6.08. The summed E-state index contributed by atoms with van der Waals surface area (Å²) in [6, 6.07) is 20.7. The second kappa shape index (κ2) is 15.9. The second-order valence-electron chi connectivity index (χ2n) is 11.6. The van der Waals surface area contributed by atoms with Crippen molar-refractivity contribution in [2.75, 3.05) is 6.54 Å². The molecule has 0 bridgehead atoms. The smallest absolute Gasteiger partial charge is 0.303 e. The minimum atomic E-state index is -0.969. The minimum absolute atomic E-state index is 0.0309. The predicted molar refractivity (Wildman–Crippen MR) is 177 cm³/mol. The summed E-state index contributed by atoms with van der Waals surface area (Å²) in [5, 5.41) is 15.3. The lowest BCUT2D eigenvalue weighted by Gasteiger charge is -2.34. The van der Waals surface area contributed by atoms with Crippen molar-refractivity contribution in [2.24, 2.45) is 5.73 Å². The fourth-order valence-corrected chi connectivity index (χ4v) is 6.08. The number of nitrogens with two attached hydrogens (primary N) is 1. The molecule has 1 heterocycles. The molecule has 0 fully saturated rings. The van der Waals surface area contributed by atoms with Gasteiger partial charge in [-0.15, -0.1) is 0 Å². The summed E-state index contributed by atoms with van der Waals surface area (Å²) in [5.74, 6) is -2.19. The summed E-state index contributed by atoms with van der Waals surface area (Å²) < 4.78 is 2.05. The third kappa shape index (κ3) is 8.50. The van der Waals surface area contributed by atoms with E-state index in [1.807, 2.05) is 67.1 Å². The van der Waals surface area contributed by atoms with E-state index in [1.165, 1.54) is 0 Å². The van der Waals surface area contributed by atoms with E-state index in [1.54, 1.807) is 4.90 Å². The Bertz CT molecular complexity index is 1640. The van der Waals surface area contributed by atoms with E-state index in [-0.39, 0.29) is 31.6 Å². The van der Waals surface area contributed by atoms with E-state index < -0.39 is 29.9 Å². The Kier molecular flexibility index (Phi) is 11.7. The molecule has 3 amide bonds. The molecule has 1 aromatic heterocycles. The number of fused-ring (bicyclic) bond motifs is 2. The van der Waals surface area contributed by atoms with Gasteiger partial charge >= 0.3 is 5.97 Å². The summed E-state index contributed by atoms with van der Waals surface area (Å²) in [6.45, 7) is 4.94. The first kappa shape index (κ1) is 33.2. The Labute approximate surface area is 264 Å². The van der Waals surface area contributed by atoms with Gasteiger partial charge in [0.2, 0.25) is 11.8 Å². The van der Waals surface area contributed by atoms with Crippen LogP contribution in [0.3, 0.4) is 0 Å². The number of carboxylic acids is 1. The molecule has 0 aliphatic heterocycles. The van der Waals surface area contributed by atoms with E-state index in [2.05, 4.69) is 29.6 Å². The molecule has 0 aliphatic carbocycles. The van der Waals surface area contributed by atoms with E-state index >= 15 is 0 Å². The maximum Gasteiger partial charge on any atom is 0.303 e. The normalized spacial score (nSPS) is 12.6. The number of nitrogens with one attached hydrogen (secondary N) is 1. The Morgan fingerprint density at radius 3 is 2.31 bits per heavy atom. The second-order valence-corrected chi connectivity index (χ2v) is 11.6. The maximum atomic E-state index is 14.1. The van der Waals surface area contributed by atoms with E-state index in [4.69, 9.17) is 5.73 Å². The van der Waals surface area contributed by atoms with E-state index in [9.17, 15) is 24.3 Å². The van der Waals surface area contributed by atoms with Crippen molar-refractivity contribution in [1.82, 2.24) is 14.8 Å². The first-order valence-electron chi connectivity index (χ1n) is 15.9. The summed E-state index contributed by atoms with van der Waals surface area (Å²) in [5.41, 5.74) is 8.01. The predicted octanol–water partition coefficient (Wildman–Crippen LogP) is 5.87. The molecule has 0 spiro atoms. The highest BCUT2D eigenvalue weighted by Gasteiger charge is 2.31. The van der Waals surface area contributed by atoms with Gasteiger partial charge in [-0.2, -0.15) is 0 Å². The average Bonchev–Trinajstić information content (AvgIpc) is 3.39. The van der Waals surface area contributed by atoms with Gasteiger partial charge in [-0.05, 0) is 48.1 Å². The van der Waals surface area contributed by atoms with E-state index in [0.29, 0.717) is 31.5 Å². The van der Waals surface area contributed by atoms with Crippen LogP contribution in [0.15, 0.2) is 72.9 Å². The molecule has 0 unspecified atom stereocenters. The molecule has 0 radical (unpaired) electrons. The number of hydrogen-bond donors (Lipinski definition) is 3. The molecular weight excluding hydrogens is 568 g/mol. The zero-order chi connectivity index (χ0) is 32.3. The molecule has 4 rings (SSSR count). The highest BCUT2D eigenvalue weighted by Crippen LogP contribution is 2.26. The number of carbonyl (C=O) groups excluding carboxylic acids is 3.